The van der Waals surface area contributed by atoms with Gasteiger partial charge < -0.3 is 10.1 Å². The summed E-state index contributed by atoms with van der Waals surface area (Å²) in [5.74, 6) is 1.85. The van der Waals surface area contributed by atoms with Crippen LogP contribution in [0.15, 0.2) is 0 Å². The van der Waals surface area contributed by atoms with Crippen LogP contribution in [0.1, 0.15) is 78.6 Å². The maximum atomic E-state index is 5.82. The molecule has 1 rings (SSSR count). The Morgan fingerprint density at radius 1 is 1.00 bits per heavy atom. The number of unbranched alkanes of at least 4 members (excludes halogenated alkanes) is 1. The summed E-state index contributed by atoms with van der Waals surface area (Å²) < 4.78 is 5.82. The summed E-state index contributed by atoms with van der Waals surface area (Å²) in [6.07, 6.45) is 12.3. The van der Waals surface area contributed by atoms with Crippen molar-refractivity contribution < 1.29 is 4.74 Å². The van der Waals surface area contributed by atoms with Gasteiger partial charge in [-0.1, -0.05) is 52.9 Å². The molecule has 20 heavy (non-hydrogen) atoms. The van der Waals surface area contributed by atoms with E-state index >= 15 is 0 Å². The first kappa shape index (κ1) is 18.0. The summed E-state index contributed by atoms with van der Waals surface area (Å²) in [4.78, 5) is 0. The van der Waals surface area contributed by atoms with Gasteiger partial charge in [-0.2, -0.15) is 0 Å². The van der Waals surface area contributed by atoms with Gasteiger partial charge >= 0.3 is 0 Å². The Labute approximate surface area is 127 Å². The van der Waals surface area contributed by atoms with Gasteiger partial charge in [0.2, 0.25) is 0 Å². The fourth-order valence-corrected chi connectivity index (χ4v) is 3.42. The van der Waals surface area contributed by atoms with Crippen LogP contribution in [0, 0.1) is 11.8 Å². The van der Waals surface area contributed by atoms with Gasteiger partial charge in [0.05, 0.1) is 6.61 Å². The second-order valence-electron chi connectivity index (χ2n) is 6.56. The van der Waals surface area contributed by atoms with Crippen LogP contribution < -0.4 is 5.32 Å². The third kappa shape index (κ3) is 7.08. The van der Waals surface area contributed by atoms with Crippen molar-refractivity contribution in [1.29, 1.82) is 0 Å². The number of rotatable bonds is 11. The van der Waals surface area contributed by atoms with E-state index in [-0.39, 0.29) is 0 Å². The molecule has 1 unspecified atom stereocenters. The zero-order chi connectivity index (χ0) is 14.6. The predicted octanol–water partition coefficient (Wildman–Crippen LogP) is 4.78. The van der Waals surface area contributed by atoms with Crippen LogP contribution in [0.4, 0.5) is 0 Å². The Bertz CT molecular complexity index is 211. The molecule has 2 heteroatoms. The van der Waals surface area contributed by atoms with E-state index in [1.807, 2.05) is 0 Å². The Balaban J connectivity index is 2.31. The molecule has 0 aromatic rings. The topological polar surface area (TPSA) is 21.3 Å². The highest BCUT2D eigenvalue weighted by atomic mass is 16.5. The molecule has 1 saturated carbocycles. The van der Waals surface area contributed by atoms with Crippen molar-refractivity contribution in [3.63, 3.8) is 0 Å². The molecule has 0 radical (unpaired) electrons. The molecular formula is C18H37NO. The van der Waals surface area contributed by atoms with E-state index < -0.39 is 0 Å². The van der Waals surface area contributed by atoms with Crippen molar-refractivity contribution in [2.24, 2.45) is 11.8 Å². The molecule has 0 spiro atoms. The van der Waals surface area contributed by atoms with Crippen molar-refractivity contribution >= 4 is 0 Å². The zero-order valence-electron chi connectivity index (χ0n) is 14.1. The average Bonchev–Trinajstić information content (AvgIpc) is 2.49. The molecule has 0 aromatic heterocycles. The maximum absolute atomic E-state index is 5.82. The van der Waals surface area contributed by atoms with Crippen molar-refractivity contribution in [2.45, 2.75) is 84.6 Å². The largest absolute Gasteiger partial charge is 0.380 e. The molecule has 1 N–H and O–H groups in total. The molecule has 1 aliphatic carbocycles. The highest BCUT2D eigenvalue weighted by Crippen LogP contribution is 2.33. The van der Waals surface area contributed by atoms with Gasteiger partial charge in [0.25, 0.3) is 0 Å². The van der Waals surface area contributed by atoms with Crippen LogP contribution in [-0.2, 0) is 4.74 Å². The third-order valence-corrected chi connectivity index (χ3v) is 4.73. The second kappa shape index (κ2) is 11.6. The summed E-state index contributed by atoms with van der Waals surface area (Å²) in [7, 11) is 0. The molecule has 0 aromatic carbocycles. The lowest BCUT2D eigenvalue weighted by Crippen LogP contribution is -2.42. The number of hydrogen-bond donors (Lipinski definition) is 1. The number of ether oxygens (including phenoxy) is 1. The van der Waals surface area contributed by atoms with Gasteiger partial charge in [-0.3, -0.25) is 0 Å². The summed E-state index contributed by atoms with van der Waals surface area (Å²) in [5, 5.41) is 3.73. The quantitative estimate of drug-likeness (QED) is 0.551. The second-order valence-corrected chi connectivity index (χ2v) is 6.56. The lowest BCUT2D eigenvalue weighted by atomic mass is 9.77. The standard InChI is InChI=1S/C18H37NO/c1-4-7-8-16-9-11-17(12-10-16)18(19-13-5-2)15-20-14-6-3/h16-19H,4-15H2,1-3H3. The Morgan fingerprint density at radius 2 is 1.75 bits per heavy atom. The van der Waals surface area contributed by atoms with Gasteiger partial charge in [-0.05, 0) is 44.1 Å². The molecule has 0 aliphatic heterocycles. The minimum absolute atomic E-state index is 0.591. The summed E-state index contributed by atoms with van der Waals surface area (Å²) in [6.45, 7) is 9.71. The smallest absolute Gasteiger partial charge is 0.0622 e. The lowest BCUT2D eigenvalue weighted by Gasteiger charge is -2.34. The van der Waals surface area contributed by atoms with Crippen molar-refractivity contribution in [2.75, 3.05) is 19.8 Å². The van der Waals surface area contributed by atoms with Gasteiger partial charge in [-0.15, -0.1) is 0 Å². The first-order valence-corrected chi connectivity index (χ1v) is 9.12. The van der Waals surface area contributed by atoms with Crippen molar-refractivity contribution in [3.05, 3.63) is 0 Å². The number of nitrogens with one attached hydrogen (secondary N) is 1. The van der Waals surface area contributed by atoms with E-state index in [0.29, 0.717) is 6.04 Å². The average molecular weight is 284 g/mol. The fraction of sp³-hybridized carbons (Fsp3) is 1.00. The first-order valence-electron chi connectivity index (χ1n) is 9.12. The van der Waals surface area contributed by atoms with Crippen LogP contribution in [0.5, 0.6) is 0 Å². The SMILES string of the molecule is CCCCC1CCC(C(COCCC)NCCC)CC1. The molecule has 1 fully saturated rings. The van der Waals surface area contributed by atoms with Gasteiger partial charge in [0.1, 0.15) is 0 Å². The minimum atomic E-state index is 0.591. The zero-order valence-corrected chi connectivity index (χ0v) is 14.1. The molecule has 0 amide bonds. The first-order chi connectivity index (χ1) is 9.81. The van der Waals surface area contributed by atoms with E-state index in [4.69, 9.17) is 4.74 Å². The van der Waals surface area contributed by atoms with Crippen LogP contribution in [-0.4, -0.2) is 25.8 Å². The summed E-state index contributed by atoms with van der Waals surface area (Å²) >= 11 is 0. The summed E-state index contributed by atoms with van der Waals surface area (Å²) in [6, 6.07) is 0.591. The van der Waals surface area contributed by atoms with E-state index in [2.05, 4.69) is 26.1 Å². The molecule has 0 saturated heterocycles. The maximum Gasteiger partial charge on any atom is 0.0622 e. The highest BCUT2D eigenvalue weighted by Gasteiger charge is 2.27. The van der Waals surface area contributed by atoms with Gasteiger partial charge in [0, 0.05) is 12.6 Å². The number of hydrogen-bond acceptors (Lipinski definition) is 2. The van der Waals surface area contributed by atoms with Gasteiger partial charge in [0.15, 0.2) is 0 Å². The van der Waals surface area contributed by atoms with Crippen molar-refractivity contribution in [3.8, 4) is 0 Å². The Hall–Kier alpha value is -0.0800. The lowest BCUT2D eigenvalue weighted by molar-refractivity contribution is 0.0792. The minimum Gasteiger partial charge on any atom is -0.380 e. The van der Waals surface area contributed by atoms with Gasteiger partial charge in [-0.25, -0.2) is 0 Å². The molecule has 1 aliphatic rings. The molecular weight excluding hydrogens is 246 g/mol. The van der Waals surface area contributed by atoms with Crippen LogP contribution >= 0.6 is 0 Å². The third-order valence-electron chi connectivity index (χ3n) is 4.73. The van der Waals surface area contributed by atoms with E-state index in [0.717, 1.165) is 38.0 Å². The molecule has 1 atom stereocenters. The van der Waals surface area contributed by atoms with Crippen LogP contribution in [0.25, 0.3) is 0 Å². The normalized spacial score (nSPS) is 24.8. The molecule has 0 heterocycles. The van der Waals surface area contributed by atoms with Crippen LogP contribution in [0.2, 0.25) is 0 Å². The molecule has 120 valence electrons. The molecule has 0 bridgehead atoms. The summed E-state index contributed by atoms with van der Waals surface area (Å²) in [5.41, 5.74) is 0. The Kier molecular flexibility index (Phi) is 10.4. The highest BCUT2D eigenvalue weighted by molar-refractivity contribution is 4.82. The fourth-order valence-electron chi connectivity index (χ4n) is 3.42. The van der Waals surface area contributed by atoms with Crippen molar-refractivity contribution in [1.82, 2.24) is 5.32 Å². The predicted molar refractivity (Wildman–Crippen MR) is 88.2 cm³/mol. The van der Waals surface area contributed by atoms with E-state index in [1.54, 1.807) is 0 Å². The van der Waals surface area contributed by atoms with E-state index in [1.165, 1.54) is 51.4 Å². The van der Waals surface area contributed by atoms with E-state index in [9.17, 15) is 0 Å². The Morgan fingerprint density at radius 3 is 2.35 bits per heavy atom. The van der Waals surface area contributed by atoms with Crippen LogP contribution in [0.3, 0.4) is 0 Å². The monoisotopic (exact) mass is 283 g/mol. The molecule has 2 nitrogen and oxygen atoms in total.